The molecule has 0 saturated heterocycles. The van der Waals surface area contributed by atoms with E-state index in [1.807, 2.05) is 31.2 Å². The lowest BCUT2D eigenvalue weighted by molar-refractivity contribution is -0.119. The zero-order valence-electron chi connectivity index (χ0n) is 18.6. The molecule has 1 aliphatic heterocycles. The van der Waals surface area contributed by atoms with Gasteiger partial charge in [-0.05, 0) is 36.1 Å². The van der Waals surface area contributed by atoms with Crippen LogP contribution in [-0.2, 0) is 9.59 Å². The summed E-state index contributed by atoms with van der Waals surface area (Å²) < 4.78 is 5.65. The molecule has 0 fully saturated rings. The highest BCUT2D eigenvalue weighted by atomic mass is 35.5. The number of hydrogen-bond acceptors (Lipinski definition) is 4. The minimum Gasteiger partial charge on any atom is -0.495 e. The number of hydrogen-bond donors (Lipinski definition) is 1. The molecule has 2 aliphatic rings. The zero-order chi connectivity index (χ0) is 23.2. The van der Waals surface area contributed by atoms with E-state index < -0.39 is 6.04 Å². The van der Waals surface area contributed by atoms with Crippen LogP contribution in [0.4, 0.5) is 11.4 Å². The molecule has 0 spiro atoms. The summed E-state index contributed by atoms with van der Waals surface area (Å²) in [4.78, 5) is 28.7. The number of methoxy groups -OCH3 is 1. The number of carbonyl (C=O) groups is 2. The summed E-state index contributed by atoms with van der Waals surface area (Å²) in [6, 6.07) is 10.2. The third kappa shape index (κ3) is 3.89. The average molecular weight is 473 g/mol. The molecule has 1 amide bonds. The Kier molecular flexibility index (Phi) is 5.99. The number of rotatable bonds is 3. The van der Waals surface area contributed by atoms with Gasteiger partial charge in [-0.15, -0.1) is 0 Å². The fourth-order valence-corrected chi connectivity index (χ4v) is 5.31. The Morgan fingerprint density at radius 1 is 1.22 bits per heavy atom. The third-order valence-electron chi connectivity index (χ3n) is 6.01. The molecule has 7 heteroatoms. The van der Waals surface area contributed by atoms with Crippen LogP contribution in [0.25, 0.3) is 0 Å². The standard InChI is InChI=1S/C25H26Cl2N2O3/c1-5-21(31)29-19-9-7-6-8-17(19)28-18-12-25(2,3)13-20(30)22(18)23(29)15-10-14(26)11-16(27)24(15)32-4/h6-11,23,28H,5,12-13H2,1-4H3/t23-/m0/s1. The molecule has 2 aromatic rings. The van der Waals surface area contributed by atoms with Crippen molar-refractivity contribution >= 4 is 46.3 Å². The first-order chi connectivity index (χ1) is 15.2. The number of ether oxygens (including phenoxy) is 1. The second-order valence-electron chi connectivity index (χ2n) is 9.01. The number of allylic oxidation sites excluding steroid dienone is 1. The number of amides is 1. The van der Waals surface area contributed by atoms with Crippen LogP contribution in [0.5, 0.6) is 5.75 Å². The van der Waals surface area contributed by atoms with Crippen molar-refractivity contribution in [2.24, 2.45) is 5.41 Å². The number of anilines is 2. The first-order valence-electron chi connectivity index (χ1n) is 10.6. The average Bonchev–Trinajstić information content (AvgIpc) is 2.86. The number of halogens is 2. The molecule has 0 aromatic heterocycles. The van der Waals surface area contributed by atoms with Gasteiger partial charge in [0.1, 0.15) is 5.75 Å². The highest BCUT2D eigenvalue weighted by molar-refractivity contribution is 6.35. The predicted molar refractivity (Wildman–Crippen MR) is 129 cm³/mol. The van der Waals surface area contributed by atoms with Crippen molar-refractivity contribution in [1.82, 2.24) is 0 Å². The number of ketones is 1. The number of carbonyl (C=O) groups excluding carboxylic acids is 2. The number of Topliss-reactive ketones (excluding diaryl/α,β-unsaturated/α-hetero) is 1. The Hall–Kier alpha value is -2.50. The lowest BCUT2D eigenvalue weighted by Gasteiger charge is -2.37. The largest absolute Gasteiger partial charge is 0.495 e. The van der Waals surface area contributed by atoms with Crippen molar-refractivity contribution in [1.29, 1.82) is 0 Å². The fraction of sp³-hybridized carbons (Fsp3) is 0.360. The van der Waals surface area contributed by atoms with E-state index in [2.05, 4.69) is 19.2 Å². The maximum atomic E-state index is 13.6. The molecule has 5 nitrogen and oxygen atoms in total. The van der Waals surface area contributed by atoms with Gasteiger partial charge in [0.15, 0.2) is 5.78 Å². The van der Waals surface area contributed by atoms with Crippen molar-refractivity contribution in [3.05, 3.63) is 63.3 Å². The van der Waals surface area contributed by atoms with Crippen LogP contribution in [0, 0.1) is 5.41 Å². The van der Waals surface area contributed by atoms with Gasteiger partial charge in [0, 0.05) is 34.7 Å². The Morgan fingerprint density at radius 3 is 2.62 bits per heavy atom. The van der Waals surface area contributed by atoms with E-state index >= 15 is 0 Å². The summed E-state index contributed by atoms with van der Waals surface area (Å²) in [6.45, 7) is 5.96. The molecule has 4 rings (SSSR count). The summed E-state index contributed by atoms with van der Waals surface area (Å²) in [7, 11) is 1.52. The minimum atomic E-state index is -0.719. The van der Waals surface area contributed by atoms with Gasteiger partial charge in [0.05, 0.1) is 29.5 Å². The fourth-order valence-electron chi connectivity index (χ4n) is 4.73. The van der Waals surface area contributed by atoms with Gasteiger partial charge in [0.2, 0.25) is 5.91 Å². The first kappa shape index (κ1) is 22.7. The second kappa shape index (κ2) is 8.45. The van der Waals surface area contributed by atoms with E-state index in [1.54, 1.807) is 17.0 Å². The van der Waals surface area contributed by atoms with E-state index in [-0.39, 0.29) is 23.5 Å². The summed E-state index contributed by atoms with van der Waals surface area (Å²) in [5.41, 5.74) is 3.23. The van der Waals surface area contributed by atoms with Crippen LogP contribution in [0.3, 0.4) is 0 Å². The molecular weight excluding hydrogens is 447 g/mol. The number of fused-ring (bicyclic) bond motifs is 1. The van der Waals surface area contributed by atoms with Crippen molar-refractivity contribution < 1.29 is 14.3 Å². The smallest absolute Gasteiger partial charge is 0.227 e. The van der Waals surface area contributed by atoms with Crippen LogP contribution in [0.2, 0.25) is 10.0 Å². The highest BCUT2D eigenvalue weighted by Crippen LogP contribution is 2.51. The molecular formula is C25H26Cl2N2O3. The molecule has 0 saturated carbocycles. The minimum absolute atomic E-state index is 0.00592. The van der Waals surface area contributed by atoms with Crippen molar-refractivity contribution in [3.63, 3.8) is 0 Å². The normalized spacial score (nSPS) is 19.6. The highest BCUT2D eigenvalue weighted by Gasteiger charge is 2.44. The van der Waals surface area contributed by atoms with E-state index in [9.17, 15) is 9.59 Å². The Balaban J connectivity index is 2.09. The molecule has 0 radical (unpaired) electrons. The van der Waals surface area contributed by atoms with Crippen LogP contribution in [0.15, 0.2) is 47.7 Å². The van der Waals surface area contributed by atoms with Gasteiger partial charge >= 0.3 is 0 Å². The van der Waals surface area contributed by atoms with E-state index in [0.29, 0.717) is 45.5 Å². The third-order valence-corrected chi connectivity index (χ3v) is 6.51. The maximum Gasteiger partial charge on any atom is 0.227 e. The van der Waals surface area contributed by atoms with E-state index in [4.69, 9.17) is 27.9 Å². The van der Waals surface area contributed by atoms with Gasteiger partial charge in [-0.25, -0.2) is 0 Å². The van der Waals surface area contributed by atoms with Gasteiger partial charge in [-0.1, -0.05) is 56.1 Å². The molecule has 1 heterocycles. The number of nitrogens with zero attached hydrogens (tertiary/aromatic N) is 1. The molecule has 2 aromatic carbocycles. The molecule has 168 valence electrons. The van der Waals surface area contributed by atoms with Crippen LogP contribution >= 0.6 is 23.2 Å². The van der Waals surface area contributed by atoms with E-state index in [1.165, 1.54) is 7.11 Å². The van der Waals surface area contributed by atoms with Gasteiger partial charge in [-0.2, -0.15) is 0 Å². The zero-order valence-corrected chi connectivity index (χ0v) is 20.1. The Bertz CT molecular complexity index is 1140. The molecule has 32 heavy (non-hydrogen) atoms. The topological polar surface area (TPSA) is 58.6 Å². The van der Waals surface area contributed by atoms with Crippen LogP contribution in [-0.4, -0.2) is 18.8 Å². The summed E-state index contributed by atoms with van der Waals surface area (Å²) in [5.74, 6) is 0.279. The quantitative estimate of drug-likeness (QED) is 0.549. The monoisotopic (exact) mass is 472 g/mol. The molecule has 0 unspecified atom stereocenters. The van der Waals surface area contributed by atoms with Crippen molar-refractivity contribution in [2.75, 3.05) is 17.3 Å². The van der Waals surface area contributed by atoms with Crippen molar-refractivity contribution in [2.45, 2.75) is 46.1 Å². The number of para-hydroxylation sites is 2. The van der Waals surface area contributed by atoms with Gasteiger partial charge in [0.25, 0.3) is 0 Å². The number of benzene rings is 2. The summed E-state index contributed by atoms with van der Waals surface area (Å²) >= 11 is 12.9. The van der Waals surface area contributed by atoms with E-state index in [0.717, 1.165) is 11.4 Å². The molecule has 1 atom stereocenters. The van der Waals surface area contributed by atoms with Crippen LogP contribution < -0.4 is 15.0 Å². The first-order valence-corrected chi connectivity index (χ1v) is 11.4. The lowest BCUT2D eigenvalue weighted by Crippen LogP contribution is -2.39. The van der Waals surface area contributed by atoms with Crippen LogP contribution in [0.1, 0.15) is 51.6 Å². The molecule has 1 aliphatic carbocycles. The van der Waals surface area contributed by atoms with Gasteiger partial charge in [-0.3, -0.25) is 14.5 Å². The Labute approximate surface area is 198 Å². The summed E-state index contributed by atoms with van der Waals surface area (Å²) in [5, 5.41) is 4.22. The second-order valence-corrected chi connectivity index (χ2v) is 9.85. The Morgan fingerprint density at radius 2 is 1.94 bits per heavy atom. The predicted octanol–water partition coefficient (Wildman–Crippen LogP) is 6.56. The van der Waals surface area contributed by atoms with Gasteiger partial charge < -0.3 is 10.1 Å². The summed E-state index contributed by atoms with van der Waals surface area (Å²) in [6.07, 6.45) is 1.32. The molecule has 1 N–H and O–H groups in total. The lowest BCUT2D eigenvalue weighted by atomic mass is 9.73. The number of nitrogens with one attached hydrogen (secondary N) is 1. The van der Waals surface area contributed by atoms with Crippen molar-refractivity contribution in [3.8, 4) is 5.75 Å². The molecule has 0 bridgehead atoms. The SMILES string of the molecule is CCC(=O)N1c2ccccc2NC2=C(C(=O)CC(C)(C)C2)[C@@H]1c1cc(Cl)cc(Cl)c1OC. The maximum absolute atomic E-state index is 13.6.